The van der Waals surface area contributed by atoms with E-state index in [1.165, 1.54) is 12.1 Å². The van der Waals surface area contributed by atoms with Crippen LogP contribution in [0.1, 0.15) is 10.4 Å². The second-order valence-electron chi connectivity index (χ2n) is 4.07. The fraction of sp³-hybridized carbons (Fsp3) is 0.133. The van der Waals surface area contributed by atoms with Gasteiger partial charge in [0.15, 0.2) is 0 Å². The molecule has 4 nitrogen and oxygen atoms in total. The lowest BCUT2D eigenvalue weighted by Gasteiger charge is -2.08. The number of carbonyl (C=O) groups is 1. The van der Waals surface area contributed by atoms with Crippen LogP contribution < -0.4 is 10.1 Å². The minimum Gasteiger partial charge on any atom is -0.508 e. The van der Waals surface area contributed by atoms with Crippen LogP contribution in [0, 0.1) is 0 Å². The lowest BCUT2D eigenvalue weighted by molar-refractivity contribution is 0.102. The molecule has 0 fully saturated rings. The van der Waals surface area contributed by atoms with Crippen LogP contribution in [0.3, 0.4) is 0 Å². The smallest absolute Gasteiger partial charge is 0.255 e. The maximum atomic E-state index is 12.1. The summed E-state index contributed by atoms with van der Waals surface area (Å²) in [5.74, 6) is 0.593. The van der Waals surface area contributed by atoms with Crippen LogP contribution in [0.25, 0.3) is 0 Å². The first-order chi connectivity index (χ1) is 9.69. The molecule has 2 aromatic carbocycles. The third kappa shape index (κ3) is 3.99. The molecule has 20 heavy (non-hydrogen) atoms. The van der Waals surface area contributed by atoms with Crippen LogP contribution in [-0.2, 0) is 0 Å². The summed E-state index contributed by atoms with van der Waals surface area (Å²) < 4.78 is 5.45. The van der Waals surface area contributed by atoms with Gasteiger partial charge in [0.1, 0.15) is 11.5 Å². The van der Waals surface area contributed by atoms with Crippen LogP contribution in [0.5, 0.6) is 11.5 Å². The summed E-state index contributed by atoms with van der Waals surface area (Å²) >= 11 is 3.28. The van der Waals surface area contributed by atoms with E-state index in [-0.39, 0.29) is 11.7 Å². The second-order valence-corrected chi connectivity index (χ2v) is 4.86. The largest absolute Gasteiger partial charge is 0.508 e. The van der Waals surface area contributed by atoms with E-state index >= 15 is 0 Å². The maximum absolute atomic E-state index is 12.1. The number of phenols is 1. The number of aromatic hydroxyl groups is 1. The topological polar surface area (TPSA) is 58.6 Å². The monoisotopic (exact) mass is 335 g/mol. The van der Waals surface area contributed by atoms with Gasteiger partial charge in [-0.15, -0.1) is 0 Å². The number of carbonyl (C=O) groups excluding carboxylic acids is 1. The molecule has 104 valence electrons. The molecule has 2 N–H and O–H groups in total. The summed E-state index contributed by atoms with van der Waals surface area (Å²) in [6.07, 6.45) is 0. The predicted molar refractivity (Wildman–Crippen MR) is 81.8 cm³/mol. The van der Waals surface area contributed by atoms with Crippen molar-refractivity contribution in [3.63, 3.8) is 0 Å². The number of alkyl halides is 1. The Hall–Kier alpha value is -2.01. The molecule has 0 saturated heterocycles. The van der Waals surface area contributed by atoms with E-state index in [2.05, 4.69) is 21.2 Å². The third-order valence-electron chi connectivity index (χ3n) is 2.57. The number of hydrogen-bond acceptors (Lipinski definition) is 3. The van der Waals surface area contributed by atoms with E-state index < -0.39 is 0 Å². The van der Waals surface area contributed by atoms with E-state index in [9.17, 15) is 9.90 Å². The predicted octanol–water partition coefficient (Wildman–Crippen LogP) is 3.42. The van der Waals surface area contributed by atoms with Gasteiger partial charge in [0.2, 0.25) is 0 Å². The zero-order valence-corrected chi connectivity index (χ0v) is 12.3. The summed E-state index contributed by atoms with van der Waals surface area (Å²) in [6, 6.07) is 13.3. The third-order valence-corrected chi connectivity index (χ3v) is 2.89. The van der Waals surface area contributed by atoms with Crippen molar-refractivity contribution in [2.24, 2.45) is 0 Å². The molecule has 0 aliphatic heterocycles. The Kier molecular flexibility index (Phi) is 5.01. The molecule has 0 spiro atoms. The van der Waals surface area contributed by atoms with Gasteiger partial charge in [-0.1, -0.05) is 22.0 Å². The van der Waals surface area contributed by atoms with Crippen LogP contribution in [0.4, 0.5) is 5.69 Å². The molecule has 0 aromatic heterocycles. The minimum atomic E-state index is -0.222. The molecule has 5 heteroatoms. The summed E-state index contributed by atoms with van der Waals surface area (Å²) in [6.45, 7) is 0.545. The Morgan fingerprint density at radius 3 is 2.65 bits per heavy atom. The number of phenolic OH excluding ortho intramolecular Hbond substituents is 1. The van der Waals surface area contributed by atoms with Crippen molar-refractivity contribution in [3.05, 3.63) is 54.1 Å². The van der Waals surface area contributed by atoms with Gasteiger partial charge >= 0.3 is 0 Å². The van der Waals surface area contributed by atoms with Crippen molar-refractivity contribution in [1.29, 1.82) is 0 Å². The molecule has 1 amide bonds. The van der Waals surface area contributed by atoms with E-state index in [1.54, 1.807) is 36.4 Å². The Bertz CT molecular complexity index is 584. The Balaban J connectivity index is 2.06. The number of ether oxygens (including phenoxy) is 1. The van der Waals surface area contributed by atoms with Crippen LogP contribution in [-0.4, -0.2) is 23.0 Å². The first-order valence-corrected chi connectivity index (χ1v) is 7.20. The van der Waals surface area contributed by atoms with Crippen molar-refractivity contribution in [2.75, 3.05) is 17.3 Å². The number of amides is 1. The molecule has 0 atom stereocenters. The van der Waals surface area contributed by atoms with E-state index in [4.69, 9.17) is 4.74 Å². The maximum Gasteiger partial charge on any atom is 0.255 e. The Morgan fingerprint density at radius 1 is 1.20 bits per heavy atom. The van der Waals surface area contributed by atoms with Crippen LogP contribution in [0.15, 0.2) is 48.5 Å². The Labute approximate surface area is 125 Å². The van der Waals surface area contributed by atoms with E-state index in [1.807, 2.05) is 0 Å². The normalized spacial score (nSPS) is 10.1. The average molecular weight is 336 g/mol. The van der Waals surface area contributed by atoms with Gasteiger partial charge in [-0.2, -0.15) is 0 Å². The lowest BCUT2D eigenvalue weighted by atomic mass is 10.2. The highest BCUT2D eigenvalue weighted by atomic mass is 79.9. The molecule has 0 aliphatic rings. The number of anilines is 1. The lowest BCUT2D eigenvalue weighted by Crippen LogP contribution is -2.12. The van der Waals surface area contributed by atoms with Crippen molar-refractivity contribution >= 4 is 27.5 Å². The van der Waals surface area contributed by atoms with Gasteiger partial charge in [0.25, 0.3) is 5.91 Å². The zero-order chi connectivity index (χ0) is 14.4. The molecule has 0 unspecified atom stereocenters. The van der Waals surface area contributed by atoms with Crippen molar-refractivity contribution in [1.82, 2.24) is 0 Å². The molecule has 0 saturated carbocycles. The van der Waals surface area contributed by atoms with Gasteiger partial charge in [0, 0.05) is 16.6 Å². The van der Waals surface area contributed by atoms with Crippen molar-refractivity contribution in [2.45, 2.75) is 0 Å². The van der Waals surface area contributed by atoms with Crippen molar-refractivity contribution in [3.8, 4) is 11.5 Å². The van der Waals surface area contributed by atoms with E-state index in [0.29, 0.717) is 23.6 Å². The fourth-order valence-corrected chi connectivity index (χ4v) is 1.79. The minimum absolute atomic E-state index is 0.160. The first-order valence-electron chi connectivity index (χ1n) is 6.08. The van der Waals surface area contributed by atoms with Gasteiger partial charge in [0.05, 0.1) is 6.61 Å². The fourth-order valence-electron chi connectivity index (χ4n) is 1.63. The number of halogens is 1. The average Bonchev–Trinajstić information content (AvgIpc) is 2.48. The molecule has 0 heterocycles. The molecule has 2 aromatic rings. The SMILES string of the molecule is O=C(Nc1ccc(O)cc1)c1cccc(OCCBr)c1. The van der Waals surface area contributed by atoms with E-state index in [0.717, 1.165) is 5.33 Å². The summed E-state index contributed by atoms with van der Waals surface area (Å²) in [5, 5.41) is 12.7. The van der Waals surface area contributed by atoms with Crippen molar-refractivity contribution < 1.29 is 14.6 Å². The zero-order valence-electron chi connectivity index (χ0n) is 10.7. The number of nitrogens with one attached hydrogen (secondary N) is 1. The Morgan fingerprint density at radius 2 is 1.95 bits per heavy atom. The van der Waals surface area contributed by atoms with Gasteiger partial charge < -0.3 is 15.2 Å². The number of rotatable bonds is 5. The number of hydrogen-bond donors (Lipinski definition) is 2. The summed E-state index contributed by atoms with van der Waals surface area (Å²) in [7, 11) is 0. The molecular weight excluding hydrogens is 322 g/mol. The molecule has 0 bridgehead atoms. The van der Waals surface area contributed by atoms with Crippen LogP contribution >= 0.6 is 15.9 Å². The molecule has 0 aliphatic carbocycles. The molecule has 0 radical (unpaired) electrons. The van der Waals surface area contributed by atoms with Gasteiger partial charge in [-0.3, -0.25) is 4.79 Å². The van der Waals surface area contributed by atoms with Gasteiger partial charge in [-0.05, 0) is 42.5 Å². The summed E-state index contributed by atoms with van der Waals surface area (Å²) in [5.41, 5.74) is 1.14. The van der Waals surface area contributed by atoms with Crippen LogP contribution in [0.2, 0.25) is 0 Å². The molecular formula is C15H14BrNO3. The first kappa shape index (κ1) is 14.4. The highest BCUT2D eigenvalue weighted by Crippen LogP contribution is 2.17. The standard InChI is InChI=1S/C15H14BrNO3/c16-8-9-20-14-3-1-2-11(10-14)15(19)17-12-4-6-13(18)7-5-12/h1-7,10,18H,8-9H2,(H,17,19). The quantitative estimate of drug-likeness (QED) is 0.650. The number of benzene rings is 2. The molecule has 2 rings (SSSR count). The highest BCUT2D eigenvalue weighted by molar-refractivity contribution is 9.09. The second kappa shape index (κ2) is 6.96. The van der Waals surface area contributed by atoms with Gasteiger partial charge in [-0.25, -0.2) is 0 Å². The highest BCUT2D eigenvalue weighted by Gasteiger charge is 2.07. The summed E-state index contributed by atoms with van der Waals surface area (Å²) in [4.78, 5) is 12.1.